The minimum absolute atomic E-state index is 0.0406. The van der Waals surface area contributed by atoms with Crippen molar-refractivity contribution in [2.75, 3.05) is 25.0 Å². The Bertz CT molecular complexity index is 652. The largest absolute Gasteiger partial charge is 0.361 e. The van der Waals surface area contributed by atoms with Gasteiger partial charge in [-0.15, -0.1) is 5.10 Å². The van der Waals surface area contributed by atoms with Gasteiger partial charge in [-0.25, -0.2) is 0 Å². The third-order valence-corrected chi connectivity index (χ3v) is 4.32. The van der Waals surface area contributed by atoms with Gasteiger partial charge in [0.05, 0.1) is 11.4 Å². The molecular formula is C17H25N5O. The van der Waals surface area contributed by atoms with E-state index in [1.165, 1.54) is 0 Å². The molecule has 0 aromatic carbocycles. The molecule has 6 nitrogen and oxygen atoms in total. The first kappa shape index (κ1) is 15.9. The molecule has 1 saturated heterocycles. The molecule has 0 saturated carbocycles. The first-order valence-electron chi connectivity index (χ1n) is 8.04. The standard InChI is InChI=1S/C17H25N5O/c1-12-8-13(20-23-12)9-21(5)14-10-22(11-14)16-7-6-15(18-19-16)17(2,3)4/h6-8,14H,9-11H2,1-5H3. The normalized spacial score (nSPS) is 16.0. The average Bonchev–Trinajstić information content (AvgIpc) is 2.82. The van der Waals surface area contributed by atoms with E-state index in [4.69, 9.17) is 4.52 Å². The lowest BCUT2D eigenvalue weighted by Crippen LogP contribution is -2.58. The highest BCUT2D eigenvalue weighted by Gasteiger charge is 2.31. The Morgan fingerprint density at radius 2 is 2.00 bits per heavy atom. The second-order valence-corrected chi connectivity index (χ2v) is 7.43. The maximum atomic E-state index is 5.12. The zero-order valence-corrected chi connectivity index (χ0v) is 14.6. The quantitative estimate of drug-likeness (QED) is 0.863. The van der Waals surface area contributed by atoms with Gasteiger partial charge in [-0.3, -0.25) is 4.90 Å². The fourth-order valence-corrected chi connectivity index (χ4v) is 2.69. The average molecular weight is 315 g/mol. The van der Waals surface area contributed by atoms with Crippen LogP contribution in [-0.2, 0) is 12.0 Å². The Morgan fingerprint density at radius 1 is 1.26 bits per heavy atom. The lowest BCUT2D eigenvalue weighted by atomic mass is 9.92. The van der Waals surface area contributed by atoms with E-state index in [0.29, 0.717) is 6.04 Å². The van der Waals surface area contributed by atoms with Gasteiger partial charge in [0, 0.05) is 37.2 Å². The summed E-state index contributed by atoms with van der Waals surface area (Å²) < 4.78 is 5.12. The van der Waals surface area contributed by atoms with Crippen LogP contribution in [0, 0.1) is 6.92 Å². The van der Waals surface area contributed by atoms with Crippen molar-refractivity contribution in [3.05, 3.63) is 35.3 Å². The van der Waals surface area contributed by atoms with Crippen molar-refractivity contribution in [3.63, 3.8) is 0 Å². The molecule has 1 fully saturated rings. The van der Waals surface area contributed by atoms with E-state index in [9.17, 15) is 0 Å². The Kier molecular flexibility index (Phi) is 4.10. The SMILES string of the molecule is Cc1cc(CN(C)C2CN(c3ccc(C(C)(C)C)nn3)C2)no1. The molecule has 0 amide bonds. The van der Waals surface area contributed by atoms with Gasteiger partial charge in [-0.05, 0) is 26.1 Å². The highest BCUT2D eigenvalue weighted by molar-refractivity contribution is 5.42. The zero-order chi connectivity index (χ0) is 16.6. The number of rotatable bonds is 4. The van der Waals surface area contributed by atoms with Crippen molar-refractivity contribution in [1.82, 2.24) is 20.3 Å². The second kappa shape index (κ2) is 5.92. The number of aryl methyl sites for hydroxylation is 1. The van der Waals surface area contributed by atoms with Crippen LogP contribution < -0.4 is 4.90 Å². The molecule has 0 radical (unpaired) electrons. The monoisotopic (exact) mass is 315 g/mol. The molecule has 1 aliphatic rings. The lowest BCUT2D eigenvalue weighted by Gasteiger charge is -2.44. The molecule has 3 rings (SSSR count). The summed E-state index contributed by atoms with van der Waals surface area (Å²) in [4.78, 5) is 4.57. The van der Waals surface area contributed by atoms with Gasteiger partial charge in [0.25, 0.3) is 0 Å². The van der Waals surface area contributed by atoms with Gasteiger partial charge in [-0.2, -0.15) is 5.10 Å². The number of anilines is 1. The van der Waals surface area contributed by atoms with E-state index in [0.717, 1.165) is 42.6 Å². The predicted octanol–water partition coefficient (Wildman–Crippen LogP) is 2.39. The third kappa shape index (κ3) is 3.52. The Balaban J connectivity index is 1.54. The summed E-state index contributed by atoms with van der Waals surface area (Å²) in [5.74, 6) is 1.82. The van der Waals surface area contributed by atoms with Gasteiger partial charge in [-0.1, -0.05) is 25.9 Å². The van der Waals surface area contributed by atoms with Gasteiger partial charge >= 0.3 is 0 Å². The summed E-state index contributed by atoms with van der Waals surface area (Å²) in [7, 11) is 2.13. The van der Waals surface area contributed by atoms with Crippen molar-refractivity contribution in [1.29, 1.82) is 0 Å². The lowest BCUT2D eigenvalue weighted by molar-refractivity contribution is 0.191. The van der Waals surface area contributed by atoms with Crippen molar-refractivity contribution in [2.24, 2.45) is 0 Å². The molecule has 0 atom stereocenters. The fourth-order valence-electron chi connectivity index (χ4n) is 2.69. The van der Waals surface area contributed by atoms with Gasteiger partial charge in [0.2, 0.25) is 0 Å². The smallest absolute Gasteiger partial charge is 0.151 e. The first-order valence-corrected chi connectivity index (χ1v) is 8.04. The summed E-state index contributed by atoms with van der Waals surface area (Å²) in [5, 5.41) is 12.8. The third-order valence-electron chi connectivity index (χ3n) is 4.32. The van der Waals surface area contributed by atoms with Crippen LogP contribution in [0.25, 0.3) is 0 Å². The topological polar surface area (TPSA) is 58.3 Å². The molecule has 0 spiro atoms. The van der Waals surface area contributed by atoms with E-state index in [1.54, 1.807) is 0 Å². The number of hydrogen-bond acceptors (Lipinski definition) is 6. The minimum atomic E-state index is 0.0406. The molecule has 0 aliphatic carbocycles. The Labute approximate surface area is 137 Å². The maximum Gasteiger partial charge on any atom is 0.151 e. The molecule has 0 N–H and O–H groups in total. The van der Waals surface area contributed by atoms with Crippen LogP contribution in [-0.4, -0.2) is 46.4 Å². The molecule has 1 aliphatic heterocycles. The highest BCUT2D eigenvalue weighted by atomic mass is 16.5. The van der Waals surface area contributed by atoms with E-state index in [2.05, 4.69) is 65.1 Å². The van der Waals surface area contributed by atoms with Crippen LogP contribution in [0.15, 0.2) is 22.7 Å². The summed E-state index contributed by atoms with van der Waals surface area (Å²) in [5.41, 5.74) is 2.05. The molecule has 3 heterocycles. The van der Waals surface area contributed by atoms with Crippen LogP contribution >= 0.6 is 0 Å². The van der Waals surface area contributed by atoms with E-state index < -0.39 is 0 Å². The first-order chi connectivity index (χ1) is 10.8. The summed E-state index contributed by atoms with van der Waals surface area (Å²) in [6.45, 7) is 11.1. The van der Waals surface area contributed by atoms with Crippen LogP contribution in [0.2, 0.25) is 0 Å². The minimum Gasteiger partial charge on any atom is -0.361 e. The van der Waals surface area contributed by atoms with E-state index in [-0.39, 0.29) is 5.41 Å². The summed E-state index contributed by atoms with van der Waals surface area (Å²) >= 11 is 0. The molecule has 2 aromatic heterocycles. The van der Waals surface area contributed by atoms with E-state index in [1.807, 2.05) is 13.0 Å². The van der Waals surface area contributed by atoms with Crippen molar-refractivity contribution < 1.29 is 4.52 Å². The number of aromatic nitrogens is 3. The maximum absolute atomic E-state index is 5.12. The molecular weight excluding hydrogens is 290 g/mol. The van der Waals surface area contributed by atoms with E-state index >= 15 is 0 Å². The fraction of sp³-hybridized carbons (Fsp3) is 0.588. The molecule has 124 valence electrons. The Morgan fingerprint density at radius 3 is 2.52 bits per heavy atom. The van der Waals surface area contributed by atoms with Gasteiger partial charge in [0.15, 0.2) is 5.82 Å². The summed E-state index contributed by atoms with van der Waals surface area (Å²) in [6.07, 6.45) is 0. The number of hydrogen-bond donors (Lipinski definition) is 0. The highest BCUT2D eigenvalue weighted by Crippen LogP contribution is 2.24. The van der Waals surface area contributed by atoms with Crippen LogP contribution in [0.5, 0.6) is 0 Å². The van der Waals surface area contributed by atoms with Gasteiger partial charge < -0.3 is 9.42 Å². The molecule has 0 unspecified atom stereocenters. The van der Waals surface area contributed by atoms with Crippen molar-refractivity contribution >= 4 is 5.82 Å². The number of nitrogens with zero attached hydrogens (tertiary/aromatic N) is 5. The van der Waals surface area contributed by atoms with Crippen LogP contribution in [0.3, 0.4) is 0 Å². The molecule has 2 aromatic rings. The zero-order valence-electron chi connectivity index (χ0n) is 14.6. The second-order valence-electron chi connectivity index (χ2n) is 7.43. The van der Waals surface area contributed by atoms with Crippen molar-refractivity contribution in [3.8, 4) is 0 Å². The van der Waals surface area contributed by atoms with Crippen LogP contribution in [0.4, 0.5) is 5.82 Å². The predicted molar refractivity (Wildman–Crippen MR) is 89.4 cm³/mol. The van der Waals surface area contributed by atoms with Gasteiger partial charge in [0.1, 0.15) is 5.76 Å². The number of likely N-dealkylation sites (N-methyl/N-ethyl adjacent to an activating group) is 1. The molecule has 6 heteroatoms. The molecule has 0 bridgehead atoms. The van der Waals surface area contributed by atoms with Crippen LogP contribution in [0.1, 0.15) is 37.9 Å². The van der Waals surface area contributed by atoms with Crippen molar-refractivity contribution in [2.45, 2.75) is 45.7 Å². The Hall–Kier alpha value is -1.95. The summed E-state index contributed by atoms with van der Waals surface area (Å²) in [6, 6.07) is 6.66. The molecule has 23 heavy (non-hydrogen) atoms.